The van der Waals surface area contributed by atoms with Crippen LogP contribution in [0.15, 0.2) is 12.2 Å². The minimum atomic E-state index is -0.875. The molecule has 0 spiro atoms. The number of esters is 2. The van der Waals surface area contributed by atoms with Crippen molar-refractivity contribution in [2.75, 3.05) is 20.2 Å². The van der Waals surface area contributed by atoms with E-state index in [1.807, 2.05) is 13.8 Å². The van der Waals surface area contributed by atoms with E-state index >= 15 is 0 Å². The first-order valence-electron chi connectivity index (χ1n) is 5.71. The molecule has 102 valence electrons. The van der Waals surface area contributed by atoms with Crippen molar-refractivity contribution >= 4 is 17.8 Å². The van der Waals surface area contributed by atoms with Gasteiger partial charge in [0.05, 0.1) is 7.11 Å². The number of nitrogens with zero attached hydrogens (tertiary/aromatic N) is 1. The number of methoxy groups -OCH3 is 1. The molecule has 0 saturated carbocycles. The van der Waals surface area contributed by atoms with Crippen LogP contribution in [0.1, 0.15) is 20.8 Å². The first-order chi connectivity index (χ1) is 8.46. The van der Waals surface area contributed by atoms with Crippen molar-refractivity contribution < 1.29 is 23.9 Å². The molecule has 0 aliphatic carbocycles. The zero-order chi connectivity index (χ0) is 14.1. The van der Waals surface area contributed by atoms with E-state index < -0.39 is 18.0 Å². The molecule has 0 aromatic rings. The number of hydrogen-bond donors (Lipinski definition) is 0. The van der Waals surface area contributed by atoms with Crippen LogP contribution in [0.2, 0.25) is 0 Å². The van der Waals surface area contributed by atoms with Crippen LogP contribution in [-0.4, -0.2) is 49.0 Å². The summed E-state index contributed by atoms with van der Waals surface area (Å²) in [4.78, 5) is 35.4. The standard InChI is InChI=1S/C12H19NO5/c1-5-13(6-2)12(16)9(3)18-11(15)8-7-10(14)17-4/h7-9H,5-6H2,1-4H3. The molecule has 0 saturated heterocycles. The molecule has 1 atom stereocenters. The normalized spacial score (nSPS) is 12.0. The lowest BCUT2D eigenvalue weighted by atomic mass is 10.3. The molecule has 0 fully saturated rings. The number of amides is 1. The van der Waals surface area contributed by atoms with E-state index in [0.717, 1.165) is 12.2 Å². The summed E-state index contributed by atoms with van der Waals surface area (Å²) in [5.41, 5.74) is 0. The third-order valence-corrected chi connectivity index (χ3v) is 2.27. The van der Waals surface area contributed by atoms with Gasteiger partial charge in [0.1, 0.15) is 0 Å². The summed E-state index contributed by atoms with van der Waals surface area (Å²) >= 11 is 0. The summed E-state index contributed by atoms with van der Waals surface area (Å²) < 4.78 is 9.18. The number of likely N-dealkylation sites (N-methyl/N-ethyl adjacent to an activating group) is 1. The Bertz CT molecular complexity index is 333. The molecule has 1 amide bonds. The predicted molar refractivity (Wildman–Crippen MR) is 64.6 cm³/mol. The van der Waals surface area contributed by atoms with E-state index in [1.165, 1.54) is 14.0 Å². The smallest absolute Gasteiger partial charge is 0.331 e. The van der Waals surface area contributed by atoms with Crippen LogP contribution in [-0.2, 0) is 23.9 Å². The fourth-order valence-electron chi connectivity index (χ4n) is 1.26. The fraction of sp³-hybridized carbons (Fsp3) is 0.583. The molecule has 0 radical (unpaired) electrons. The average molecular weight is 257 g/mol. The largest absolute Gasteiger partial charge is 0.466 e. The van der Waals surface area contributed by atoms with Gasteiger partial charge in [0, 0.05) is 25.2 Å². The van der Waals surface area contributed by atoms with Crippen molar-refractivity contribution in [1.29, 1.82) is 0 Å². The van der Waals surface area contributed by atoms with Crippen LogP contribution < -0.4 is 0 Å². The Morgan fingerprint density at radius 2 is 1.61 bits per heavy atom. The highest BCUT2D eigenvalue weighted by molar-refractivity contribution is 5.93. The maximum atomic E-state index is 11.8. The number of hydrogen-bond acceptors (Lipinski definition) is 5. The summed E-state index contributed by atoms with van der Waals surface area (Å²) in [6.45, 7) is 6.27. The van der Waals surface area contributed by atoms with Gasteiger partial charge in [-0.05, 0) is 20.8 Å². The molecular weight excluding hydrogens is 238 g/mol. The highest BCUT2D eigenvalue weighted by Gasteiger charge is 2.20. The van der Waals surface area contributed by atoms with Crippen molar-refractivity contribution in [1.82, 2.24) is 4.90 Å². The molecule has 0 bridgehead atoms. The second-order valence-electron chi connectivity index (χ2n) is 3.45. The van der Waals surface area contributed by atoms with Crippen LogP contribution >= 0.6 is 0 Å². The van der Waals surface area contributed by atoms with Crippen molar-refractivity contribution in [3.05, 3.63) is 12.2 Å². The molecule has 6 nitrogen and oxygen atoms in total. The van der Waals surface area contributed by atoms with Gasteiger partial charge in [-0.1, -0.05) is 0 Å². The molecule has 18 heavy (non-hydrogen) atoms. The van der Waals surface area contributed by atoms with Crippen LogP contribution in [0.5, 0.6) is 0 Å². The molecule has 0 aromatic heterocycles. The van der Waals surface area contributed by atoms with Crippen molar-refractivity contribution in [3.8, 4) is 0 Å². The monoisotopic (exact) mass is 257 g/mol. The number of carbonyl (C=O) groups is 3. The van der Waals surface area contributed by atoms with E-state index in [4.69, 9.17) is 4.74 Å². The van der Waals surface area contributed by atoms with Gasteiger partial charge in [-0.15, -0.1) is 0 Å². The zero-order valence-electron chi connectivity index (χ0n) is 11.1. The molecule has 0 N–H and O–H groups in total. The Hall–Kier alpha value is -1.85. The Morgan fingerprint density at radius 1 is 1.11 bits per heavy atom. The lowest BCUT2D eigenvalue weighted by Crippen LogP contribution is -2.39. The zero-order valence-corrected chi connectivity index (χ0v) is 11.1. The highest BCUT2D eigenvalue weighted by atomic mass is 16.5. The molecule has 1 unspecified atom stereocenters. The number of ether oxygens (including phenoxy) is 2. The van der Waals surface area contributed by atoms with Gasteiger partial charge in [0.25, 0.3) is 5.91 Å². The molecule has 0 rings (SSSR count). The molecular formula is C12H19NO5. The van der Waals surface area contributed by atoms with Gasteiger partial charge >= 0.3 is 11.9 Å². The maximum absolute atomic E-state index is 11.8. The van der Waals surface area contributed by atoms with E-state index in [-0.39, 0.29) is 5.91 Å². The number of carbonyl (C=O) groups excluding carboxylic acids is 3. The summed E-state index contributed by atoms with van der Waals surface area (Å²) in [5, 5.41) is 0. The highest BCUT2D eigenvalue weighted by Crippen LogP contribution is 2.00. The van der Waals surface area contributed by atoms with Gasteiger partial charge in [-0.25, -0.2) is 9.59 Å². The van der Waals surface area contributed by atoms with Crippen molar-refractivity contribution in [2.45, 2.75) is 26.9 Å². The van der Waals surface area contributed by atoms with Crippen LogP contribution in [0.3, 0.4) is 0 Å². The third kappa shape index (κ3) is 5.47. The molecule has 0 aliphatic heterocycles. The molecule has 0 aliphatic rings. The Balaban J connectivity index is 4.35. The summed E-state index contributed by atoms with van der Waals surface area (Å²) in [6.07, 6.45) is 0.995. The fourth-order valence-corrected chi connectivity index (χ4v) is 1.26. The van der Waals surface area contributed by atoms with E-state index in [0.29, 0.717) is 13.1 Å². The van der Waals surface area contributed by atoms with Crippen molar-refractivity contribution in [2.24, 2.45) is 0 Å². The second kappa shape index (κ2) is 8.27. The predicted octanol–water partition coefficient (Wildman–Crippen LogP) is 0.516. The van der Waals surface area contributed by atoms with E-state index in [9.17, 15) is 14.4 Å². The summed E-state index contributed by atoms with van der Waals surface area (Å²) in [6, 6.07) is 0. The van der Waals surface area contributed by atoms with Crippen LogP contribution in [0.4, 0.5) is 0 Å². The lowest BCUT2D eigenvalue weighted by Gasteiger charge is -2.22. The Kier molecular flexibility index (Phi) is 7.42. The molecule has 6 heteroatoms. The first-order valence-corrected chi connectivity index (χ1v) is 5.71. The maximum Gasteiger partial charge on any atom is 0.331 e. The van der Waals surface area contributed by atoms with Crippen LogP contribution in [0.25, 0.3) is 0 Å². The Morgan fingerprint density at radius 3 is 2.06 bits per heavy atom. The van der Waals surface area contributed by atoms with Gasteiger partial charge in [0.2, 0.25) is 0 Å². The second-order valence-corrected chi connectivity index (χ2v) is 3.45. The van der Waals surface area contributed by atoms with Gasteiger partial charge in [0.15, 0.2) is 6.10 Å². The van der Waals surface area contributed by atoms with E-state index in [1.54, 1.807) is 4.90 Å². The Labute approximate surface area is 107 Å². The van der Waals surface area contributed by atoms with Crippen LogP contribution in [0, 0.1) is 0 Å². The summed E-state index contributed by atoms with van der Waals surface area (Å²) in [5.74, 6) is -1.68. The van der Waals surface area contributed by atoms with Crippen molar-refractivity contribution in [3.63, 3.8) is 0 Å². The molecule has 0 aromatic carbocycles. The topological polar surface area (TPSA) is 72.9 Å². The van der Waals surface area contributed by atoms with Gasteiger partial charge in [-0.3, -0.25) is 4.79 Å². The van der Waals surface area contributed by atoms with E-state index in [2.05, 4.69) is 4.74 Å². The summed E-state index contributed by atoms with van der Waals surface area (Å²) in [7, 11) is 1.20. The first kappa shape index (κ1) is 16.1. The van der Waals surface area contributed by atoms with Gasteiger partial charge < -0.3 is 14.4 Å². The minimum Gasteiger partial charge on any atom is -0.466 e. The lowest BCUT2D eigenvalue weighted by molar-refractivity contribution is -0.155. The molecule has 0 heterocycles. The minimum absolute atomic E-state index is 0.264. The average Bonchev–Trinajstić information content (AvgIpc) is 2.36. The van der Waals surface area contributed by atoms with Gasteiger partial charge in [-0.2, -0.15) is 0 Å². The third-order valence-electron chi connectivity index (χ3n) is 2.27. The quantitative estimate of drug-likeness (QED) is 0.512. The number of rotatable bonds is 6. The SMILES string of the molecule is CCN(CC)C(=O)C(C)OC(=O)C=CC(=O)OC.